The Bertz CT molecular complexity index is 1130. The van der Waals surface area contributed by atoms with Crippen molar-refractivity contribution in [2.75, 3.05) is 32.2 Å². The number of ether oxygens (including phenoxy) is 3. The van der Waals surface area contributed by atoms with Gasteiger partial charge >= 0.3 is 5.97 Å². The van der Waals surface area contributed by atoms with Crippen molar-refractivity contribution in [3.8, 4) is 11.5 Å². The summed E-state index contributed by atoms with van der Waals surface area (Å²) < 4.78 is 16.6. The van der Waals surface area contributed by atoms with Crippen LogP contribution in [0, 0.1) is 3.57 Å². The molecule has 1 heterocycles. The first-order valence-corrected chi connectivity index (χ1v) is 12.0. The first kappa shape index (κ1) is 25.6. The zero-order chi connectivity index (χ0) is 24.7. The Balaban J connectivity index is 1.70. The van der Waals surface area contributed by atoms with Gasteiger partial charge in [-0.25, -0.2) is 4.79 Å². The van der Waals surface area contributed by atoms with Gasteiger partial charge in [0.25, 0.3) is 11.1 Å². The molecule has 11 heteroatoms. The summed E-state index contributed by atoms with van der Waals surface area (Å²) in [4.78, 5) is 50.1. The molecule has 1 N–H and O–H groups in total. The lowest BCUT2D eigenvalue weighted by atomic mass is 10.2. The largest absolute Gasteiger partial charge is 0.493 e. The lowest BCUT2D eigenvalue weighted by molar-refractivity contribution is -0.145. The van der Waals surface area contributed by atoms with E-state index in [1.807, 2.05) is 12.1 Å². The molecule has 1 aliphatic heterocycles. The molecule has 0 atom stereocenters. The molecule has 9 nitrogen and oxygen atoms in total. The van der Waals surface area contributed by atoms with E-state index in [1.54, 1.807) is 37.3 Å². The van der Waals surface area contributed by atoms with Crippen molar-refractivity contribution in [1.82, 2.24) is 4.90 Å². The molecule has 1 saturated heterocycles. The minimum absolute atomic E-state index is 0.161. The molecule has 1 aliphatic rings. The van der Waals surface area contributed by atoms with E-state index in [1.165, 1.54) is 13.2 Å². The van der Waals surface area contributed by atoms with Crippen LogP contribution in [0.5, 0.6) is 11.5 Å². The standard InChI is InChI=1S/C23H21IN2O7S/c1-3-32-21(28)13-33-18-10-14(4-9-17(18)31-2)11-19-22(29)26(23(30)34-19)12-20(27)25-16-7-5-15(24)6-8-16/h4-11H,3,12-13H2,1-2H3,(H,25,27)/b19-11-. The number of esters is 1. The number of benzene rings is 2. The predicted molar refractivity (Wildman–Crippen MR) is 136 cm³/mol. The third-order valence-electron chi connectivity index (χ3n) is 4.44. The number of methoxy groups -OCH3 is 1. The highest BCUT2D eigenvalue weighted by Crippen LogP contribution is 2.34. The third kappa shape index (κ3) is 6.73. The SMILES string of the molecule is CCOC(=O)COc1cc(/C=C2\SC(=O)N(CC(=O)Nc3ccc(I)cc3)C2=O)ccc1OC. The molecule has 0 bridgehead atoms. The van der Waals surface area contributed by atoms with Crippen molar-refractivity contribution < 1.29 is 33.4 Å². The summed E-state index contributed by atoms with van der Waals surface area (Å²) in [6.45, 7) is 1.22. The van der Waals surface area contributed by atoms with Crippen molar-refractivity contribution >= 4 is 69.1 Å². The summed E-state index contributed by atoms with van der Waals surface area (Å²) >= 11 is 2.89. The van der Waals surface area contributed by atoms with E-state index in [-0.39, 0.29) is 23.9 Å². The average Bonchev–Trinajstić information content (AvgIpc) is 3.06. The number of nitrogens with one attached hydrogen (secondary N) is 1. The average molecular weight is 596 g/mol. The van der Waals surface area contributed by atoms with Gasteiger partial charge in [0.1, 0.15) is 6.54 Å². The van der Waals surface area contributed by atoms with Gasteiger partial charge in [-0.1, -0.05) is 6.07 Å². The summed E-state index contributed by atoms with van der Waals surface area (Å²) in [5.74, 6) is -0.914. The Morgan fingerprint density at radius 2 is 1.85 bits per heavy atom. The molecule has 2 aromatic carbocycles. The molecule has 0 aliphatic carbocycles. The number of anilines is 1. The van der Waals surface area contributed by atoms with Gasteiger partial charge in [0.05, 0.1) is 18.6 Å². The third-order valence-corrected chi connectivity index (χ3v) is 6.07. The number of hydrogen-bond acceptors (Lipinski definition) is 8. The molecule has 2 aromatic rings. The Morgan fingerprint density at radius 1 is 1.12 bits per heavy atom. The molecule has 3 rings (SSSR count). The summed E-state index contributed by atoms with van der Waals surface area (Å²) in [5, 5.41) is 2.13. The number of rotatable bonds is 9. The normalized spacial score (nSPS) is 14.3. The Morgan fingerprint density at radius 3 is 2.53 bits per heavy atom. The van der Waals surface area contributed by atoms with Crippen LogP contribution >= 0.6 is 34.4 Å². The molecule has 3 amide bonds. The van der Waals surface area contributed by atoms with Crippen molar-refractivity contribution in [1.29, 1.82) is 0 Å². The van der Waals surface area contributed by atoms with Crippen molar-refractivity contribution in [3.05, 3.63) is 56.5 Å². The number of nitrogens with zero attached hydrogens (tertiary/aromatic N) is 1. The van der Waals surface area contributed by atoms with E-state index >= 15 is 0 Å². The van der Waals surface area contributed by atoms with Crippen molar-refractivity contribution in [3.63, 3.8) is 0 Å². The molecule has 0 radical (unpaired) electrons. The number of carbonyl (C=O) groups is 4. The fourth-order valence-corrected chi connectivity index (χ4v) is 4.10. The zero-order valence-electron chi connectivity index (χ0n) is 18.3. The van der Waals surface area contributed by atoms with Gasteiger partial charge in [-0.3, -0.25) is 19.3 Å². The maximum Gasteiger partial charge on any atom is 0.344 e. The maximum atomic E-state index is 12.8. The van der Waals surface area contributed by atoms with E-state index in [0.717, 1.165) is 20.2 Å². The van der Waals surface area contributed by atoms with Crippen LogP contribution in [0.25, 0.3) is 6.08 Å². The van der Waals surface area contributed by atoms with Gasteiger partial charge in [0.2, 0.25) is 5.91 Å². The highest BCUT2D eigenvalue weighted by molar-refractivity contribution is 14.1. The van der Waals surface area contributed by atoms with Gasteiger partial charge < -0.3 is 19.5 Å². The van der Waals surface area contributed by atoms with Gasteiger partial charge in [-0.15, -0.1) is 0 Å². The fraction of sp³-hybridized carbons (Fsp3) is 0.217. The second kappa shape index (κ2) is 11.9. The molecule has 0 unspecified atom stereocenters. The number of amides is 3. The Hall–Kier alpha value is -3.06. The summed E-state index contributed by atoms with van der Waals surface area (Å²) in [6, 6.07) is 12.0. The lowest BCUT2D eigenvalue weighted by Gasteiger charge is -2.12. The summed E-state index contributed by atoms with van der Waals surface area (Å²) in [5.41, 5.74) is 1.12. The maximum absolute atomic E-state index is 12.8. The highest BCUT2D eigenvalue weighted by Gasteiger charge is 2.36. The van der Waals surface area contributed by atoms with Gasteiger partial charge in [0, 0.05) is 9.26 Å². The molecule has 0 saturated carbocycles. The summed E-state index contributed by atoms with van der Waals surface area (Å²) in [7, 11) is 1.46. The van der Waals surface area contributed by atoms with Crippen molar-refractivity contribution in [2.24, 2.45) is 0 Å². The number of imide groups is 1. The minimum Gasteiger partial charge on any atom is -0.493 e. The van der Waals surface area contributed by atoms with Crippen LogP contribution in [0.15, 0.2) is 47.4 Å². The predicted octanol–water partition coefficient (Wildman–Crippen LogP) is 3.92. The van der Waals surface area contributed by atoms with Crippen LogP contribution in [-0.2, 0) is 19.1 Å². The molecule has 0 aromatic heterocycles. The minimum atomic E-state index is -0.572. The van der Waals surface area contributed by atoms with E-state index in [9.17, 15) is 19.2 Å². The van der Waals surface area contributed by atoms with Gasteiger partial charge in [-0.05, 0) is 89.3 Å². The van der Waals surface area contributed by atoms with Crippen LogP contribution in [0.4, 0.5) is 10.5 Å². The molecule has 0 spiro atoms. The molecule has 1 fully saturated rings. The Labute approximate surface area is 213 Å². The topological polar surface area (TPSA) is 111 Å². The zero-order valence-corrected chi connectivity index (χ0v) is 21.3. The number of carbonyl (C=O) groups excluding carboxylic acids is 4. The van der Waals surface area contributed by atoms with Crippen LogP contribution < -0.4 is 14.8 Å². The van der Waals surface area contributed by atoms with Gasteiger partial charge in [0.15, 0.2) is 18.1 Å². The number of hydrogen-bond donors (Lipinski definition) is 1. The fourth-order valence-electron chi connectivity index (χ4n) is 2.90. The summed E-state index contributed by atoms with van der Waals surface area (Å²) in [6.07, 6.45) is 1.51. The first-order chi connectivity index (χ1) is 16.3. The van der Waals surface area contributed by atoms with Crippen molar-refractivity contribution in [2.45, 2.75) is 6.92 Å². The lowest BCUT2D eigenvalue weighted by Crippen LogP contribution is -2.36. The van der Waals surface area contributed by atoms with E-state index in [2.05, 4.69) is 27.9 Å². The second-order valence-electron chi connectivity index (χ2n) is 6.83. The highest BCUT2D eigenvalue weighted by atomic mass is 127. The smallest absolute Gasteiger partial charge is 0.344 e. The monoisotopic (exact) mass is 596 g/mol. The molecule has 178 valence electrons. The Kier molecular flexibility index (Phi) is 8.93. The molecular weight excluding hydrogens is 575 g/mol. The van der Waals surface area contributed by atoms with E-state index in [0.29, 0.717) is 17.0 Å². The quantitative estimate of drug-likeness (QED) is 0.264. The molecule has 34 heavy (non-hydrogen) atoms. The van der Waals surface area contributed by atoms with Gasteiger partial charge in [-0.2, -0.15) is 0 Å². The van der Waals surface area contributed by atoms with E-state index < -0.39 is 29.6 Å². The molecular formula is C23H21IN2O7S. The van der Waals surface area contributed by atoms with Crippen LogP contribution in [0.2, 0.25) is 0 Å². The first-order valence-electron chi connectivity index (χ1n) is 10.1. The number of halogens is 1. The van der Waals surface area contributed by atoms with Crippen LogP contribution in [0.1, 0.15) is 12.5 Å². The number of thioether (sulfide) groups is 1. The van der Waals surface area contributed by atoms with E-state index in [4.69, 9.17) is 14.2 Å². The van der Waals surface area contributed by atoms with Crippen LogP contribution in [-0.4, -0.2) is 54.8 Å². The second-order valence-corrected chi connectivity index (χ2v) is 9.07. The van der Waals surface area contributed by atoms with Crippen LogP contribution in [0.3, 0.4) is 0 Å².